The lowest BCUT2D eigenvalue weighted by Gasteiger charge is -2.04. The molecule has 0 amide bonds. The van der Waals surface area contributed by atoms with E-state index in [1.807, 2.05) is 6.92 Å². The molecule has 0 aliphatic carbocycles. The molecule has 0 saturated carbocycles. The maximum atomic E-state index is 12.3. The molecule has 0 fully saturated rings. The lowest BCUT2D eigenvalue weighted by atomic mass is 10.2. The van der Waals surface area contributed by atoms with Crippen molar-refractivity contribution < 1.29 is 13.2 Å². The fourth-order valence-electron chi connectivity index (χ4n) is 1.74. The van der Waals surface area contributed by atoms with Gasteiger partial charge in [-0.25, -0.2) is 8.42 Å². The van der Waals surface area contributed by atoms with E-state index >= 15 is 0 Å². The van der Waals surface area contributed by atoms with Crippen LogP contribution in [0, 0.1) is 6.92 Å². The Kier molecular flexibility index (Phi) is 4.70. The molecule has 0 N–H and O–H groups in total. The van der Waals surface area contributed by atoms with Crippen LogP contribution < -0.4 is 4.74 Å². The number of hydrogen-bond acceptors (Lipinski definition) is 3. The molecule has 5 heteroatoms. The number of sulfone groups is 1. The summed E-state index contributed by atoms with van der Waals surface area (Å²) in [7, 11) is -2.11. The fourth-order valence-corrected chi connectivity index (χ4v) is 3.14. The summed E-state index contributed by atoms with van der Waals surface area (Å²) in [6.07, 6.45) is 1.43. The number of methoxy groups -OCH3 is 1. The summed E-state index contributed by atoms with van der Waals surface area (Å²) >= 11 is 6.00. The van der Waals surface area contributed by atoms with E-state index in [-0.39, 0.29) is 9.26 Å². The van der Waals surface area contributed by atoms with Crippen molar-refractivity contribution in [1.29, 1.82) is 0 Å². The topological polar surface area (TPSA) is 43.4 Å². The first-order valence-electron chi connectivity index (χ1n) is 6.26. The Bertz CT molecular complexity index is 745. The molecule has 0 radical (unpaired) electrons. The van der Waals surface area contributed by atoms with E-state index in [1.54, 1.807) is 55.6 Å². The van der Waals surface area contributed by atoms with Crippen molar-refractivity contribution >= 4 is 27.5 Å². The highest BCUT2D eigenvalue weighted by atomic mass is 35.5. The largest absolute Gasteiger partial charge is 0.497 e. The first kappa shape index (κ1) is 15.6. The molecule has 110 valence electrons. The van der Waals surface area contributed by atoms with Crippen molar-refractivity contribution in [3.8, 4) is 5.75 Å². The molecule has 2 aromatic rings. The SMILES string of the molecule is COc1ccc(/C=C(\Cl)S(=O)(=O)c2ccc(C)cc2)cc1. The van der Waals surface area contributed by atoms with Gasteiger partial charge in [0.25, 0.3) is 0 Å². The molecular weight excluding hydrogens is 308 g/mol. The van der Waals surface area contributed by atoms with E-state index in [2.05, 4.69) is 0 Å². The molecule has 0 atom stereocenters. The molecule has 0 saturated heterocycles. The molecule has 2 rings (SSSR count). The first-order valence-corrected chi connectivity index (χ1v) is 8.12. The Hall–Kier alpha value is -1.78. The van der Waals surface area contributed by atoms with Crippen molar-refractivity contribution in [2.75, 3.05) is 7.11 Å². The summed E-state index contributed by atoms with van der Waals surface area (Å²) in [6.45, 7) is 1.89. The molecule has 3 nitrogen and oxygen atoms in total. The zero-order chi connectivity index (χ0) is 15.5. The molecule has 0 heterocycles. The van der Waals surface area contributed by atoms with Crippen LogP contribution in [0.3, 0.4) is 0 Å². The van der Waals surface area contributed by atoms with Gasteiger partial charge >= 0.3 is 0 Å². The van der Waals surface area contributed by atoms with Crippen LogP contribution in [0.1, 0.15) is 11.1 Å². The Labute approximate surface area is 129 Å². The molecule has 0 bridgehead atoms. The minimum atomic E-state index is -3.67. The van der Waals surface area contributed by atoms with Gasteiger partial charge < -0.3 is 4.74 Å². The average molecular weight is 323 g/mol. The zero-order valence-electron chi connectivity index (χ0n) is 11.7. The second kappa shape index (κ2) is 6.33. The van der Waals surface area contributed by atoms with Crippen molar-refractivity contribution in [3.63, 3.8) is 0 Å². The number of hydrogen-bond donors (Lipinski definition) is 0. The summed E-state index contributed by atoms with van der Waals surface area (Å²) in [5, 5.41) is 0. The lowest BCUT2D eigenvalue weighted by Crippen LogP contribution is -2.00. The quantitative estimate of drug-likeness (QED) is 0.854. The summed E-state index contributed by atoms with van der Waals surface area (Å²) in [6, 6.07) is 13.6. The summed E-state index contributed by atoms with van der Waals surface area (Å²) in [5.74, 6) is 0.699. The van der Waals surface area contributed by atoms with Gasteiger partial charge in [-0.1, -0.05) is 41.4 Å². The van der Waals surface area contributed by atoms with Gasteiger partial charge in [-0.15, -0.1) is 0 Å². The van der Waals surface area contributed by atoms with Gasteiger partial charge in [0.15, 0.2) is 0 Å². The van der Waals surface area contributed by atoms with E-state index < -0.39 is 9.84 Å². The van der Waals surface area contributed by atoms with Gasteiger partial charge in [-0.3, -0.25) is 0 Å². The van der Waals surface area contributed by atoms with Crippen LogP contribution >= 0.6 is 11.6 Å². The van der Waals surface area contributed by atoms with Crippen LogP contribution in [0.15, 0.2) is 57.8 Å². The molecule has 0 spiro atoms. The third kappa shape index (κ3) is 3.65. The summed E-state index contributed by atoms with van der Waals surface area (Å²) in [4.78, 5) is 0.183. The number of ether oxygens (including phenoxy) is 1. The smallest absolute Gasteiger partial charge is 0.217 e. The molecule has 0 aromatic heterocycles. The zero-order valence-corrected chi connectivity index (χ0v) is 13.3. The van der Waals surface area contributed by atoms with E-state index in [0.717, 1.165) is 5.56 Å². The lowest BCUT2D eigenvalue weighted by molar-refractivity contribution is 0.415. The summed E-state index contributed by atoms with van der Waals surface area (Å²) in [5.41, 5.74) is 1.68. The second-order valence-corrected chi connectivity index (χ2v) is 7.09. The van der Waals surface area contributed by atoms with E-state index in [0.29, 0.717) is 11.3 Å². The van der Waals surface area contributed by atoms with Crippen LogP contribution in [0.5, 0.6) is 5.75 Å². The van der Waals surface area contributed by atoms with Crippen LogP contribution in [0.25, 0.3) is 6.08 Å². The Balaban J connectivity index is 2.34. The highest BCUT2D eigenvalue weighted by Gasteiger charge is 2.18. The fraction of sp³-hybridized carbons (Fsp3) is 0.125. The molecular formula is C16H15ClO3S. The van der Waals surface area contributed by atoms with Gasteiger partial charge in [0.2, 0.25) is 9.84 Å². The molecule has 2 aromatic carbocycles. The van der Waals surface area contributed by atoms with Crippen LogP contribution in [0.2, 0.25) is 0 Å². The monoisotopic (exact) mass is 322 g/mol. The van der Waals surface area contributed by atoms with Gasteiger partial charge in [0.05, 0.1) is 12.0 Å². The second-order valence-electron chi connectivity index (χ2n) is 4.54. The minimum Gasteiger partial charge on any atom is -0.497 e. The maximum Gasteiger partial charge on any atom is 0.217 e. The predicted octanol–water partition coefficient (Wildman–Crippen LogP) is 4.01. The van der Waals surface area contributed by atoms with Gasteiger partial charge in [0, 0.05) is 0 Å². The molecule has 0 aliphatic heterocycles. The van der Waals surface area contributed by atoms with Crippen LogP contribution in [0.4, 0.5) is 0 Å². The number of halogens is 1. The van der Waals surface area contributed by atoms with E-state index in [1.165, 1.54) is 6.08 Å². The minimum absolute atomic E-state index is 0.183. The standard InChI is InChI=1S/C16H15ClO3S/c1-12-3-9-15(10-4-12)21(18,19)16(17)11-13-5-7-14(20-2)8-6-13/h3-11H,1-2H3/b16-11+. The summed E-state index contributed by atoms with van der Waals surface area (Å²) < 4.78 is 29.5. The highest BCUT2D eigenvalue weighted by Crippen LogP contribution is 2.25. The van der Waals surface area contributed by atoms with Crippen LogP contribution in [-0.4, -0.2) is 15.5 Å². The third-order valence-corrected chi connectivity index (χ3v) is 5.23. The first-order chi connectivity index (χ1) is 9.93. The number of benzene rings is 2. The van der Waals surface area contributed by atoms with Gasteiger partial charge in [-0.2, -0.15) is 0 Å². The number of aryl methyl sites for hydroxylation is 1. The highest BCUT2D eigenvalue weighted by molar-refractivity contribution is 7.97. The Morgan fingerprint density at radius 1 is 1.05 bits per heavy atom. The normalized spacial score (nSPS) is 12.2. The van der Waals surface area contributed by atoms with Crippen molar-refractivity contribution in [2.24, 2.45) is 0 Å². The van der Waals surface area contributed by atoms with Crippen molar-refractivity contribution in [3.05, 3.63) is 64.0 Å². The third-order valence-electron chi connectivity index (χ3n) is 2.98. The Morgan fingerprint density at radius 3 is 2.14 bits per heavy atom. The Morgan fingerprint density at radius 2 is 1.62 bits per heavy atom. The predicted molar refractivity (Wildman–Crippen MR) is 85.2 cm³/mol. The molecule has 0 unspecified atom stereocenters. The van der Waals surface area contributed by atoms with Crippen molar-refractivity contribution in [1.82, 2.24) is 0 Å². The maximum absolute atomic E-state index is 12.3. The van der Waals surface area contributed by atoms with Crippen molar-refractivity contribution in [2.45, 2.75) is 11.8 Å². The van der Waals surface area contributed by atoms with E-state index in [9.17, 15) is 8.42 Å². The molecule has 0 aliphatic rings. The van der Waals surface area contributed by atoms with Gasteiger partial charge in [0.1, 0.15) is 10.1 Å². The average Bonchev–Trinajstić information content (AvgIpc) is 2.48. The van der Waals surface area contributed by atoms with Gasteiger partial charge in [-0.05, 0) is 42.8 Å². The number of rotatable bonds is 4. The van der Waals surface area contributed by atoms with Crippen LogP contribution in [-0.2, 0) is 9.84 Å². The van der Waals surface area contributed by atoms with E-state index in [4.69, 9.17) is 16.3 Å². The molecule has 21 heavy (non-hydrogen) atoms.